The first-order valence-electron chi connectivity index (χ1n) is 3.39. The molecule has 0 aliphatic heterocycles. The van der Waals surface area contributed by atoms with Crippen LogP contribution in [0.15, 0.2) is 0 Å². The molecule has 1 N–H and O–H groups in total. The fraction of sp³-hybridized carbons (Fsp3) is 0.750. The normalized spacial score (nSPS) is 12.5. The highest BCUT2D eigenvalue weighted by Crippen LogP contribution is 1.86. The van der Waals surface area contributed by atoms with Crippen LogP contribution in [-0.4, -0.2) is 43.4 Å². The molecule has 0 aromatic rings. The minimum atomic E-state index is -0.494. The number of aliphatic hydroxyl groups excluding tert-OH is 1. The second-order valence-electron chi connectivity index (χ2n) is 3.45. The van der Waals surface area contributed by atoms with E-state index < -0.39 is 6.10 Å². The van der Waals surface area contributed by atoms with E-state index in [1.807, 2.05) is 0 Å². The Bertz CT molecular complexity index is 150. The summed E-state index contributed by atoms with van der Waals surface area (Å²) >= 11 is 0. The van der Waals surface area contributed by atoms with Gasteiger partial charge in [0.1, 0.15) is 12.6 Å². The van der Waals surface area contributed by atoms with Gasteiger partial charge in [-0.2, -0.15) is 0 Å². The lowest BCUT2D eigenvalue weighted by molar-refractivity contribution is -0.862. The third-order valence-electron chi connectivity index (χ3n) is 0.864. The average Bonchev–Trinajstić information content (AvgIpc) is 1.59. The predicted molar refractivity (Wildman–Crippen MR) is 42.4 cm³/mol. The molecule has 0 aromatic carbocycles. The van der Waals surface area contributed by atoms with E-state index in [2.05, 4.69) is 33.0 Å². The Hall–Kier alpha value is 0.210. The molecule has 0 rings (SSSR count). The van der Waals surface area contributed by atoms with Gasteiger partial charge in [-0.25, -0.2) is 0 Å². The van der Waals surface area contributed by atoms with Crippen LogP contribution in [0.25, 0.3) is 0 Å². The Morgan fingerprint density at radius 3 is 2.09 bits per heavy atom. The maximum Gasteiger partial charge on any atom is 0.140 e. The van der Waals surface area contributed by atoms with Crippen LogP contribution in [-0.2, 0) is 0 Å². The lowest BCUT2D eigenvalue weighted by Gasteiger charge is -2.20. The zero-order valence-electron chi connectivity index (χ0n) is 7.56. The summed E-state index contributed by atoms with van der Waals surface area (Å²) < 4.78 is 0.819. The van der Waals surface area contributed by atoms with E-state index in [4.69, 9.17) is 5.11 Å². The first kappa shape index (κ1) is 13.8. The predicted octanol–water partition coefficient (Wildman–Crippen LogP) is -2.92. The second-order valence-corrected chi connectivity index (χ2v) is 3.45. The summed E-state index contributed by atoms with van der Waals surface area (Å²) in [4.78, 5) is 0. The van der Waals surface area contributed by atoms with Gasteiger partial charge in [0, 0.05) is 0 Å². The molecule has 0 saturated heterocycles. The van der Waals surface area contributed by atoms with Gasteiger partial charge in [0.25, 0.3) is 0 Å². The minimum Gasteiger partial charge on any atom is -1.00 e. The number of hydrogen-bond acceptors (Lipinski definition) is 1. The molecule has 0 radical (unpaired) electrons. The van der Waals surface area contributed by atoms with Gasteiger partial charge in [-0.05, 0) is 12.8 Å². The first-order chi connectivity index (χ1) is 4.42. The molecule has 0 aromatic heterocycles. The van der Waals surface area contributed by atoms with E-state index in [9.17, 15) is 0 Å². The third kappa shape index (κ3) is 13.2. The largest absolute Gasteiger partial charge is 1.00 e. The Labute approximate surface area is 86.2 Å². The van der Waals surface area contributed by atoms with Crippen molar-refractivity contribution >= 4 is 0 Å². The zero-order chi connectivity index (χ0) is 8.20. The van der Waals surface area contributed by atoms with Crippen LogP contribution in [0.1, 0.15) is 6.92 Å². The molecule has 0 aliphatic carbocycles. The number of hydrogen-bond donors (Lipinski definition) is 1. The molecule has 0 spiro atoms. The number of quaternary nitrogens is 1. The van der Waals surface area contributed by atoms with E-state index in [-0.39, 0.29) is 24.0 Å². The van der Waals surface area contributed by atoms with Crippen LogP contribution in [0.3, 0.4) is 0 Å². The van der Waals surface area contributed by atoms with Crippen LogP contribution in [0.4, 0.5) is 0 Å². The van der Waals surface area contributed by atoms with Crippen molar-refractivity contribution in [2.75, 3.05) is 27.7 Å². The van der Waals surface area contributed by atoms with Gasteiger partial charge in [-0.15, -0.1) is 0 Å². The molecular formula is C8H16INO. The molecule has 0 fully saturated rings. The monoisotopic (exact) mass is 269 g/mol. The number of aliphatic hydroxyl groups is 1. The highest BCUT2D eigenvalue weighted by molar-refractivity contribution is 5.02. The lowest BCUT2D eigenvalue weighted by atomic mass is 10.4. The number of halogens is 1. The van der Waals surface area contributed by atoms with Crippen molar-refractivity contribution < 1.29 is 33.6 Å². The summed E-state index contributed by atoms with van der Waals surface area (Å²) in [6, 6.07) is 0. The van der Waals surface area contributed by atoms with Gasteiger partial charge in [0.15, 0.2) is 0 Å². The Balaban J connectivity index is 0. The molecule has 1 atom stereocenters. The van der Waals surface area contributed by atoms with Crippen molar-refractivity contribution in [2.45, 2.75) is 13.0 Å². The summed E-state index contributed by atoms with van der Waals surface area (Å²) in [5, 5.41) is 8.77. The topological polar surface area (TPSA) is 20.2 Å². The number of nitrogens with zero attached hydrogens (tertiary/aromatic N) is 1. The fourth-order valence-electron chi connectivity index (χ4n) is 0.431. The second kappa shape index (κ2) is 5.81. The van der Waals surface area contributed by atoms with Crippen molar-refractivity contribution in [3.05, 3.63) is 0 Å². The number of rotatable bonds is 1. The van der Waals surface area contributed by atoms with E-state index in [1.165, 1.54) is 0 Å². The lowest BCUT2D eigenvalue weighted by Crippen LogP contribution is -3.00. The van der Waals surface area contributed by atoms with Crippen LogP contribution in [0.2, 0.25) is 0 Å². The van der Waals surface area contributed by atoms with Gasteiger partial charge in [-0.1, -0.05) is 5.92 Å². The van der Waals surface area contributed by atoms with Crippen molar-refractivity contribution in [1.82, 2.24) is 0 Å². The van der Waals surface area contributed by atoms with Crippen molar-refractivity contribution in [3.8, 4) is 11.8 Å². The molecule has 3 heteroatoms. The van der Waals surface area contributed by atoms with Gasteiger partial charge in [-0.3, -0.25) is 0 Å². The minimum absolute atomic E-state index is 0. The molecular weight excluding hydrogens is 253 g/mol. The SMILES string of the molecule is C[C@H](O)C#CC[N+](C)(C)C.[I-]. The van der Waals surface area contributed by atoms with E-state index >= 15 is 0 Å². The van der Waals surface area contributed by atoms with Gasteiger partial charge in [0.05, 0.1) is 21.1 Å². The highest BCUT2D eigenvalue weighted by atomic mass is 127. The van der Waals surface area contributed by atoms with Crippen molar-refractivity contribution in [1.29, 1.82) is 0 Å². The van der Waals surface area contributed by atoms with Gasteiger partial charge >= 0.3 is 0 Å². The van der Waals surface area contributed by atoms with Crippen molar-refractivity contribution in [2.24, 2.45) is 0 Å². The summed E-state index contributed by atoms with van der Waals surface area (Å²) in [5.41, 5.74) is 0. The quantitative estimate of drug-likeness (QED) is 0.307. The Kier molecular flexibility index (Phi) is 7.28. The molecule has 0 heterocycles. The van der Waals surface area contributed by atoms with E-state index in [0.29, 0.717) is 0 Å². The molecule has 0 unspecified atom stereocenters. The molecule has 66 valence electrons. The Morgan fingerprint density at radius 1 is 1.36 bits per heavy atom. The molecule has 11 heavy (non-hydrogen) atoms. The van der Waals surface area contributed by atoms with Crippen LogP contribution in [0.5, 0.6) is 0 Å². The summed E-state index contributed by atoms with van der Waals surface area (Å²) in [6.07, 6.45) is -0.494. The smallest absolute Gasteiger partial charge is 0.140 e. The van der Waals surface area contributed by atoms with Crippen LogP contribution < -0.4 is 24.0 Å². The summed E-state index contributed by atoms with van der Waals surface area (Å²) in [6.45, 7) is 2.45. The van der Waals surface area contributed by atoms with E-state index in [1.54, 1.807) is 6.92 Å². The van der Waals surface area contributed by atoms with Crippen LogP contribution in [0, 0.1) is 11.8 Å². The maximum absolute atomic E-state index is 8.77. The van der Waals surface area contributed by atoms with Gasteiger partial charge in [0.2, 0.25) is 0 Å². The molecule has 0 amide bonds. The highest BCUT2D eigenvalue weighted by Gasteiger charge is 2.01. The fourth-order valence-corrected chi connectivity index (χ4v) is 0.431. The third-order valence-corrected chi connectivity index (χ3v) is 0.864. The molecule has 0 bridgehead atoms. The van der Waals surface area contributed by atoms with Crippen LogP contribution >= 0.6 is 0 Å². The molecule has 0 aliphatic rings. The zero-order valence-corrected chi connectivity index (χ0v) is 9.71. The van der Waals surface area contributed by atoms with E-state index in [0.717, 1.165) is 11.0 Å². The van der Waals surface area contributed by atoms with Crippen molar-refractivity contribution in [3.63, 3.8) is 0 Å². The summed E-state index contributed by atoms with van der Waals surface area (Å²) in [5.74, 6) is 5.59. The first-order valence-corrected chi connectivity index (χ1v) is 3.39. The maximum atomic E-state index is 8.77. The standard InChI is InChI=1S/C8H16NO.HI/c1-8(10)6-5-7-9(2,3)4;/h8,10H,7H2,1-4H3;1H/q+1;/p-1/t8-;/m0./s1. The average molecular weight is 269 g/mol. The van der Waals surface area contributed by atoms with Gasteiger partial charge < -0.3 is 33.6 Å². The molecule has 2 nitrogen and oxygen atoms in total. The summed E-state index contributed by atoms with van der Waals surface area (Å²) in [7, 11) is 6.20. The Morgan fingerprint density at radius 2 is 1.82 bits per heavy atom. The molecule has 0 saturated carbocycles.